The molecule has 132 valence electrons. The molecule has 1 saturated carbocycles. The molecule has 6 nitrogen and oxygen atoms in total. The van der Waals surface area contributed by atoms with Gasteiger partial charge in [-0.15, -0.1) is 5.10 Å². The minimum absolute atomic E-state index is 0.512. The van der Waals surface area contributed by atoms with E-state index in [2.05, 4.69) is 55.0 Å². The number of nitrogens with one attached hydrogen (secondary N) is 2. The molecule has 2 heterocycles. The van der Waals surface area contributed by atoms with E-state index >= 15 is 0 Å². The molecule has 4 rings (SSSR count). The van der Waals surface area contributed by atoms with Crippen LogP contribution in [0.2, 0.25) is 0 Å². The standard InChI is InChI=1S/C19H26N6/c1-2-6-15(7-3-1)21-18-14-20-24-19(23-18)22-16-8-10-17(11-9-16)25-12-4-5-13-25/h8-11,14-15H,1-7,12-13H2,(H2,21,22,23,24). The summed E-state index contributed by atoms with van der Waals surface area (Å²) in [6, 6.07) is 8.99. The van der Waals surface area contributed by atoms with E-state index in [9.17, 15) is 0 Å². The van der Waals surface area contributed by atoms with Gasteiger partial charge in [-0.3, -0.25) is 0 Å². The van der Waals surface area contributed by atoms with Gasteiger partial charge >= 0.3 is 0 Å². The van der Waals surface area contributed by atoms with Gasteiger partial charge in [0, 0.05) is 30.5 Å². The third kappa shape index (κ3) is 4.18. The normalized spacial score (nSPS) is 18.3. The van der Waals surface area contributed by atoms with Crippen LogP contribution in [-0.2, 0) is 0 Å². The van der Waals surface area contributed by atoms with Crippen LogP contribution in [0.3, 0.4) is 0 Å². The van der Waals surface area contributed by atoms with Gasteiger partial charge < -0.3 is 15.5 Å². The number of benzene rings is 1. The Labute approximate surface area is 149 Å². The fraction of sp³-hybridized carbons (Fsp3) is 0.526. The van der Waals surface area contributed by atoms with Crippen LogP contribution in [0.4, 0.5) is 23.1 Å². The molecule has 1 saturated heterocycles. The first-order valence-electron chi connectivity index (χ1n) is 9.45. The van der Waals surface area contributed by atoms with Crippen LogP contribution in [0.15, 0.2) is 30.5 Å². The lowest BCUT2D eigenvalue weighted by Crippen LogP contribution is -2.23. The van der Waals surface area contributed by atoms with E-state index in [-0.39, 0.29) is 0 Å². The third-order valence-electron chi connectivity index (χ3n) is 5.11. The number of aromatic nitrogens is 3. The highest BCUT2D eigenvalue weighted by Gasteiger charge is 2.14. The van der Waals surface area contributed by atoms with Crippen molar-refractivity contribution in [1.29, 1.82) is 0 Å². The van der Waals surface area contributed by atoms with Crippen LogP contribution in [0.1, 0.15) is 44.9 Å². The summed E-state index contributed by atoms with van der Waals surface area (Å²) in [5.41, 5.74) is 2.27. The van der Waals surface area contributed by atoms with Crippen LogP contribution in [0.5, 0.6) is 0 Å². The predicted octanol–water partition coefficient (Wildman–Crippen LogP) is 3.96. The number of hydrogen-bond acceptors (Lipinski definition) is 6. The van der Waals surface area contributed by atoms with Gasteiger partial charge in [-0.2, -0.15) is 10.1 Å². The van der Waals surface area contributed by atoms with Crippen molar-refractivity contribution in [2.45, 2.75) is 51.0 Å². The van der Waals surface area contributed by atoms with Gasteiger partial charge in [0.1, 0.15) is 0 Å². The zero-order chi connectivity index (χ0) is 16.9. The third-order valence-corrected chi connectivity index (χ3v) is 5.11. The van der Waals surface area contributed by atoms with E-state index in [0.717, 1.165) is 24.6 Å². The molecular weight excluding hydrogens is 312 g/mol. The predicted molar refractivity (Wildman–Crippen MR) is 101 cm³/mol. The minimum atomic E-state index is 0.512. The lowest BCUT2D eigenvalue weighted by Gasteiger charge is -2.23. The van der Waals surface area contributed by atoms with Crippen LogP contribution >= 0.6 is 0 Å². The van der Waals surface area contributed by atoms with Crippen molar-refractivity contribution in [3.63, 3.8) is 0 Å². The Morgan fingerprint density at radius 1 is 0.920 bits per heavy atom. The fourth-order valence-electron chi connectivity index (χ4n) is 3.74. The molecular formula is C19H26N6. The summed E-state index contributed by atoms with van der Waals surface area (Å²) in [6.07, 6.45) is 10.7. The van der Waals surface area contributed by atoms with Crippen molar-refractivity contribution in [1.82, 2.24) is 15.2 Å². The van der Waals surface area contributed by atoms with Crippen molar-refractivity contribution >= 4 is 23.1 Å². The molecule has 25 heavy (non-hydrogen) atoms. The molecule has 2 N–H and O–H groups in total. The Morgan fingerprint density at radius 3 is 2.44 bits per heavy atom. The van der Waals surface area contributed by atoms with Crippen molar-refractivity contribution < 1.29 is 0 Å². The topological polar surface area (TPSA) is 66.0 Å². The van der Waals surface area contributed by atoms with Crippen LogP contribution in [-0.4, -0.2) is 34.3 Å². The lowest BCUT2D eigenvalue weighted by molar-refractivity contribution is 0.461. The molecule has 2 aliphatic rings. The van der Waals surface area contributed by atoms with Gasteiger partial charge in [0.05, 0.1) is 6.20 Å². The maximum absolute atomic E-state index is 4.56. The number of anilines is 4. The zero-order valence-corrected chi connectivity index (χ0v) is 14.6. The molecule has 0 atom stereocenters. The Balaban J connectivity index is 1.39. The Bertz CT molecular complexity index is 675. The van der Waals surface area contributed by atoms with Crippen LogP contribution in [0.25, 0.3) is 0 Å². The van der Waals surface area contributed by atoms with Gasteiger partial charge in [-0.05, 0) is 49.9 Å². The highest BCUT2D eigenvalue weighted by Crippen LogP contribution is 2.24. The zero-order valence-electron chi connectivity index (χ0n) is 14.6. The summed E-state index contributed by atoms with van der Waals surface area (Å²) in [6.45, 7) is 2.32. The van der Waals surface area contributed by atoms with Crippen LogP contribution < -0.4 is 15.5 Å². The highest BCUT2D eigenvalue weighted by atomic mass is 15.3. The van der Waals surface area contributed by atoms with Gasteiger partial charge in [0.25, 0.3) is 0 Å². The van der Waals surface area contributed by atoms with Crippen molar-refractivity contribution in [2.24, 2.45) is 0 Å². The maximum Gasteiger partial charge on any atom is 0.249 e. The van der Waals surface area contributed by atoms with Gasteiger partial charge in [0.15, 0.2) is 5.82 Å². The minimum Gasteiger partial charge on any atom is -0.372 e. The number of hydrogen-bond donors (Lipinski definition) is 2. The second-order valence-corrected chi connectivity index (χ2v) is 7.01. The Morgan fingerprint density at radius 2 is 1.68 bits per heavy atom. The van der Waals surface area contributed by atoms with Crippen molar-refractivity contribution in [3.8, 4) is 0 Å². The van der Waals surface area contributed by atoms with E-state index < -0.39 is 0 Å². The average molecular weight is 338 g/mol. The Hall–Kier alpha value is -2.37. The second-order valence-electron chi connectivity index (χ2n) is 7.01. The molecule has 0 bridgehead atoms. The summed E-state index contributed by atoms with van der Waals surface area (Å²) in [4.78, 5) is 6.98. The highest BCUT2D eigenvalue weighted by molar-refractivity contribution is 5.59. The molecule has 2 aromatic rings. The molecule has 2 fully saturated rings. The monoisotopic (exact) mass is 338 g/mol. The molecule has 0 unspecified atom stereocenters. The largest absolute Gasteiger partial charge is 0.372 e. The first kappa shape index (κ1) is 16.1. The van der Waals surface area contributed by atoms with Gasteiger partial charge in [0.2, 0.25) is 5.95 Å². The quantitative estimate of drug-likeness (QED) is 0.860. The second kappa shape index (κ2) is 7.68. The van der Waals surface area contributed by atoms with Crippen molar-refractivity contribution in [3.05, 3.63) is 30.5 Å². The van der Waals surface area contributed by atoms with E-state index in [1.807, 2.05) is 0 Å². The first-order chi connectivity index (χ1) is 12.4. The molecule has 6 heteroatoms. The van der Waals surface area contributed by atoms with Gasteiger partial charge in [-0.1, -0.05) is 19.3 Å². The summed E-state index contributed by atoms with van der Waals surface area (Å²) >= 11 is 0. The SMILES string of the molecule is c1cc(N2CCCC2)ccc1Nc1nncc(NC2CCCCC2)n1. The summed E-state index contributed by atoms with van der Waals surface area (Å²) in [5, 5.41) is 14.9. The molecule has 0 amide bonds. The molecule has 1 aliphatic carbocycles. The van der Waals surface area contributed by atoms with E-state index in [0.29, 0.717) is 12.0 Å². The molecule has 0 radical (unpaired) electrons. The molecule has 1 aliphatic heterocycles. The van der Waals surface area contributed by atoms with Gasteiger partial charge in [-0.25, -0.2) is 0 Å². The fourth-order valence-corrected chi connectivity index (χ4v) is 3.74. The lowest BCUT2D eigenvalue weighted by atomic mass is 9.96. The van der Waals surface area contributed by atoms with Crippen molar-refractivity contribution in [2.75, 3.05) is 28.6 Å². The van der Waals surface area contributed by atoms with Crippen LogP contribution in [0, 0.1) is 0 Å². The molecule has 0 spiro atoms. The average Bonchev–Trinajstić information content (AvgIpc) is 3.18. The Kier molecular flexibility index (Phi) is 4.95. The number of nitrogens with zero attached hydrogens (tertiary/aromatic N) is 4. The summed E-state index contributed by atoms with van der Waals surface area (Å²) in [7, 11) is 0. The first-order valence-corrected chi connectivity index (χ1v) is 9.45. The summed E-state index contributed by atoms with van der Waals surface area (Å²) in [5.74, 6) is 1.34. The smallest absolute Gasteiger partial charge is 0.249 e. The number of rotatable bonds is 5. The van der Waals surface area contributed by atoms with E-state index in [4.69, 9.17) is 0 Å². The maximum atomic E-state index is 4.56. The molecule has 1 aromatic carbocycles. The molecule has 1 aromatic heterocycles. The van der Waals surface area contributed by atoms with E-state index in [1.165, 1.54) is 50.6 Å². The van der Waals surface area contributed by atoms with E-state index in [1.54, 1.807) is 6.20 Å². The summed E-state index contributed by atoms with van der Waals surface area (Å²) < 4.78 is 0.